The molecule has 0 fully saturated rings. The number of primary sulfonamides is 1. The summed E-state index contributed by atoms with van der Waals surface area (Å²) in [5.41, 5.74) is 3.87. The number of sulfonamides is 1. The summed E-state index contributed by atoms with van der Waals surface area (Å²) >= 11 is 0. The molecule has 4 N–H and O–H groups in total. The van der Waals surface area contributed by atoms with Crippen molar-refractivity contribution in [2.45, 2.75) is 11.3 Å². The second-order valence-corrected chi connectivity index (χ2v) is 4.33. The molecule has 0 bridgehead atoms. The van der Waals surface area contributed by atoms with E-state index in [9.17, 15) is 17.2 Å². The van der Waals surface area contributed by atoms with Crippen LogP contribution in [-0.2, 0) is 10.0 Å². The van der Waals surface area contributed by atoms with Gasteiger partial charge >= 0.3 is 0 Å². The van der Waals surface area contributed by atoms with E-state index in [4.69, 9.17) is 10.9 Å². The maximum atomic E-state index is 12.7. The minimum absolute atomic E-state index is 0.275. The van der Waals surface area contributed by atoms with E-state index in [1.807, 2.05) is 0 Å². The van der Waals surface area contributed by atoms with Gasteiger partial charge in [0.1, 0.15) is 10.6 Å². The van der Waals surface area contributed by atoms with Gasteiger partial charge in [-0.05, 0) is 0 Å². The van der Waals surface area contributed by atoms with E-state index in [2.05, 4.69) is 9.72 Å². The first-order valence-corrected chi connectivity index (χ1v) is 5.47. The Bertz CT molecular complexity index is 504. The average Bonchev–Trinajstić information content (AvgIpc) is 2.15. The molecule has 0 aliphatic heterocycles. The summed E-state index contributed by atoms with van der Waals surface area (Å²) in [5, 5.41) is 4.76. The van der Waals surface area contributed by atoms with Gasteiger partial charge in [0.25, 0.3) is 6.43 Å². The van der Waals surface area contributed by atoms with Crippen molar-refractivity contribution in [1.82, 2.24) is 4.98 Å². The van der Waals surface area contributed by atoms with E-state index in [-0.39, 0.29) is 5.88 Å². The van der Waals surface area contributed by atoms with Gasteiger partial charge in [0.2, 0.25) is 15.9 Å². The second-order valence-electron chi connectivity index (χ2n) is 2.80. The van der Waals surface area contributed by atoms with Crippen LogP contribution in [0.25, 0.3) is 0 Å². The average molecular weight is 253 g/mol. The highest BCUT2D eigenvalue weighted by Crippen LogP contribution is 2.35. The van der Waals surface area contributed by atoms with Crippen molar-refractivity contribution in [3.05, 3.63) is 11.8 Å². The summed E-state index contributed by atoms with van der Waals surface area (Å²) in [6.07, 6.45) is -2.41. The summed E-state index contributed by atoms with van der Waals surface area (Å²) < 4.78 is 51.9. The molecular weight excluding hydrogens is 244 g/mol. The number of nitrogens with two attached hydrogens (primary N) is 2. The van der Waals surface area contributed by atoms with E-state index < -0.39 is 32.6 Å². The SMILES string of the molecule is COc1ncc(S(N)(=O)=O)c(C(F)F)c1N. The van der Waals surface area contributed by atoms with Gasteiger partial charge in [-0.3, -0.25) is 0 Å². The third-order valence-corrected chi connectivity index (χ3v) is 2.74. The highest BCUT2D eigenvalue weighted by Gasteiger charge is 2.26. The van der Waals surface area contributed by atoms with Gasteiger partial charge in [-0.1, -0.05) is 0 Å². The smallest absolute Gasteiger partial charge is 0.267 e. The molecule has 16 heavy (non-hydrogen) atoms. The lowest BCUT2D eigenvalue weighted by atomic mass is 10.2. The van der Waals surface area contributed by atoms with E-state index in [0.717, 1.165) is 0 Å². The Morgan fingerprint density at radius 2 is 2.06 bits per heavy atom. The third kappa shape index (κ3) is 2.19. The normalized spacial score (nSPS) is 11.8. The first-order chi connectivity index (χ1) is 7.29. The topological polar surface area (TPSA) is 108 Å². The van der Waals surface area contributed by atoms with E-state index in [1.165, 1.54) is 7.11 Å². The number of ether oxygens (including phenoxy) is 1. The Labute approximate surface area is 90.3 Å². The summed E-state index contributed by atoms with van der Waals surface area (Å²) in [6, 6.07) is 0. The Morgan fingerprint density at radius 3 is 2.44 bits per heavy atom. The number of hydrogen-bond acceptors (Lipinski definition) is 5. The van der Waals surface area contributed by atoms with Gasteiger partial charge in [0.15, 0.2) is 0 Å². The van der Waals surface area contributed by atoms with Gasteiger partial charge in [0, 0.05) is 0 Å². The van der Waals surface area contributed by atoms with E-state index in [1.54, 1.807) is 0 Å². The first kappa shape index (κ1) is 12.6. The molecule has 0 unspecified atom stereocenters. The Hall–Kier alpha value is -1.48. The fourth-order valence-corrected chi connectivity index (χ4v) is 1.82. The number of aromatic nitrogens is 1. The summed E-state index contributed by atoms with van der Waals surface area (Å²) in [7, 11) is -3.13. The van der Waals surface area contributed by atoms with Crippen LogP contribution in [0.5, 0.6) is 5.88 Å². The molecule has 0 saturated heterocycles. The molecule has 1 aromatic heterocycles. The van der Waals surface area contributed by atoms with Crippen molar-refractivity contribution in [3.63, 3.8) is 0 Å². The molecular formula is C7H9F2N3O3S. The zero-order valence-corrected chi connectivity index (χ0v) is 8.96. The Kier molecular flexibility index (Phi) is 3.29. The molecule has 1 aromatic rings. The number of nitrogens with zero attached hydrogens (tertiary/aromatic N) is 1. The van der Waals surface area contributed by atoms with E-state index >= 15 is 0 Å². The van der Waals surface area contributed by atoms with Crippen LogP contribution in [0.1, 0.15) is 12.0 Å². The Morgan fingerprint density at radius 1 is 1.50 bits per heavy atom. The number of pyridine rings is 1. The van der Waals surface area contributed by atoms with Gasteiger partial charge in [-0.25, -0.2) is 27.3 Å². The maximum Gasteiger partial charge on any atom is 0.267 e. The van der Waals surface area contributed by atoms with Crippen LogP contribution < -0.4 is 15.6 Å². The number of nitrogen functional groups attached to an aromatic ring is 1. The van der Waals surface area contributed by atoms with Crippen LogP contribution in [0.15, 0.2) is 11.1 Å². The molecule has 0 atom stereocenters. The summed E-state index contributed by atoms with van der Waals surface area (Å²) in [5.74, 6) is -0.275. The van der Waals surface area contributed by atoms with Crippen molar-refractivity contribution in [2.75, 3.05) is 12.8 Å². The highest BCUT2D eigenvalue weighted by molar-refractivity contribution is 7.89. The summed E-state index contributed by atoms with van der Waals surface area (Å²) in [6.45, 7) is 0. The second kappa shape index (κ2) is 4.18. The summed E-state index contributed by atoms with van der Waals surface area (Å²) in [4.78, 5) is 2.66. The van der Waals surface area contributed by atoms with E-state index in [0.29, 0.717) is 6.20 Å². The molecule has 0 aliphatic rings. The first-order valence-electron chi connectivity index (χ1n) is 3.92. The predicted octanol–water partition coefficient (Wildman–Crippen LogP) is 0.257. The van der Waals surface area contributed by atoms with Gasteiger partial charge in [-0.15, -0.1) is 0 Å². The lowest BCUT2D eigenvalue weighted by molar-refractivity contribution is 0.148. The third-order valence-electron chi connectivity index (χ3n) is 1.80. The zero-order valence-electron chi connectivity index (χ0n) is 8.15. The quantitative estimate of drug-likeness (QED) is 0.803. The monoisotopic (exact) mass is 253 g/mol. The van der Waals surface area contributed by atoms with Crippen LogP contribution in [0.2, 0.25) is 0 Å². The van der Waals surface area contributed by atoms with Crippen molar-refractivity contribution >= 4 is 15.7 Å². The van der Waals surface area contributed by atoms with Crippen LogP contribution in [0.3, 0.4) is 0 Å². The molecule has 0 saturated carbocycles. The number of alkyl halides is 2. The molecule has 1 heterocycles. The van der Waals surface area contributed by atoms with Crippen molar-refractivity contribution < 1.29 is 21.9 Å². The number of rotatable bonds is 3. The fourth-order valence-electron chi connectivity index (χ4n) is 1.12. The van der Waals surface area contributed by atoms with Crippen LogP contribution in [0.4, 0.5) is 14.5 Å². The molecule has 0 spiro atoms. The highest BCUT2D eigenvalue weighted by atomic mass is 32.2. The molecule has 90 valence electrons. The lowest BCUT2D eigenvalue weighted by Crippen LogP contribution is -2.17. The molecule has 0 amide bonds. The minimum atomic E-state index is -4.30. The predicted molar refractivity (Wildman–Crippen MR) is 51.5 cm³/mol. The van der Waals surface area contributed by atoms with Crippen molar-refractivity contribution in [1.29, 1.82) is 0 Å². The van der Waals surface area contributed by atoms with Gasteiger partial charge in [0.05, 0.1) is 18.9 Å². The molecule has 9 heteroatoms. The number of halogens is 2. The molecule has 1 rings (SSSR count). The van der Waals surface area contributed by atoms with Crippen LogP contribution >= 0.6 is 0 Å². The number of methoxy groups -OCH3 is 1. The van der Waals surface area contributed by atoms with Crippen molar-refractivity contribution in [2.24, 2.45) is 5.14 Å². The number of anilines is 1. The van der Waals surface area contributed by atoms with Crippen LogP contribution in [0, 0.1) is 0 Å². The van der Waals surface area contributed by atoms with Crippen molar-refractivity contribution in [3.8, 4) is 5.88 Å². The lowest BCUT2D eigenvalue weighted by Gasteiger charge is -2.11. The maximum absolute atomic E-state index is 12.7. The molecule has 6 nitrogen and oxygen atoms in total. The van der Waals surface area contributed by atoms with Crippen LogP contribution in [-0.4, -0.2) is 20.5 Å². The van der Waals surface area contributed by atoms with Gasteiger partial charge in [-0.2, -0.15) is 0 Å². The standard InChI is InChI=1S/C7H9F2N3O3S/c1-15-7-5(10)4(6(8)9)3(2-12-7)16(11,13)14/h2,6H,10H2,1H3,(H2,11,13,14). The Balaban J connectivity index is 3.60. The van der Waals surface area contributed by atoms with Gasteiger partial charge < -0.3 is 10.5 Å². The molecule has 0 aliphatic carbocycles. The largest absolute Gasteiger partial charge is 0.480 e. The minimum Gasteiger partial charge on any atom is -0.480 e. The fraction of sp³-hybridized carbons (Fsp3) is 0.286. The zero-order chi connectivity index (χ0) is 12.5. The molecule has 0 radical (unpaired) electrons. The molecule has 0 aromatic carbocycles. The number of hydrogen-bond donors (Lipinski definition) is 2.